The SMILES string of the molecule is CCNc1ccncc1S(=O)(=O)NC1CCCC1SCC. The lowest BCUT2D eigenvalue weighted by Crippen LogP contribution is -2.39. The molecule has 0 aliphatic heterocycles. The standard InChI is InChI=1S/C14H23N3O2S2/c1-3-16-12-8-9-15-10-14(12)21(18,19)17-11-6-5-7-13(11)20-4-2/h8-11,13,17H,3-7H2,1-2H3,(H,15,16). The van der Waals surface area contributed by atoms with Crippen LogP contribution >= 0.6 is 11.8 Å². The van der Waals surface area contributed by atoms with Gasteiger partial charge in [0.2, 0.25) is 10.0 Å². The summed E-state index contributed by atoms with van der Waals surface area (Å²) in [6.45, 7) is 4.72. The van der Waals surface area contributed by atoms with Gasteiger partial charge in [-0.15, -0.1) is 0 Å². The van der Waals surface area contributed by atoms with Crippen LogP contribution in [-0.4, -0.2) is 37.0 Å². The summed E-state index contributed by atoms with van der Waals surface area (Å²) in [6, 6.07) is 1.72. The van der Waals surface area contributed by atoms with Crippen LogP contribution in [0.15, 0.2) is 23.4 Å². The largest absolute Gasteiger partial charge is 0.384 e. The van der Waals surface area contributed by atoms with Crippen LogP contribution in [0.2, 0.25) is 0 Å². The van der Waals surface area contributed by atoms with Crippen LogP contribution < -0.4 is 10.0 Å². The molecule has 0 radical (unpaired) electrons. The van der Waals surface area contributed by atoms with Crippen LogP contribution in [0.4, 0.5) is 5.69 Å². The highest BCUT2D eigenvalue weighted by molar-refractivity contribution is 8.00. The fourth-order valence-electron chi connectivity index (χ4n) is 2.67. The Morgan fingerprint density at radius 3 is 2.90 bits per heavy atom. The third-order valence-electron chi connectivity index (χ3n) is 3.58. The van der Waals surface area contributed by atoms with E-state index in [9.17, 15) is 8.42 Å². The van der Waals surface area contributed by atoms with Crippen molar-refractivity contribution in [2.75, 3.05) is 17.6 Å². The van der Waals surface area contributed by atoms with Gasteiger partial charge in [0.05, 0.1) is 5.69 Å². The Labute approximate surface area is 131 Å². The predicted molar refractivity (Wildman–Crippen MR) is 88.3 cm³/mol. The number of hydrogen-bond donors (Lipinski definition) is 2. The molecule has 5 nitrogen and oxygen atoms in total. The smallest absolute Gasteiger partial charge is 0.244 e. The number of pyridine rings is 1. The lowest BCUT2D eigenvalue weighted by atomic mass is 10.3. The lowest BCUT2D eigenvalue weighted by Gasteiger charge is -2.21. The molecule has 1 aliphatic carbocycles. The molecule has 0 spiro atoms. The summed E-state index contributed by atoms with van der Waals surface area (Å²) in [7, 11) is -3.54. The number of nitrogens with one attached hydrogen (secondary N) is 2. The van der Waals surface area contributed by atoms with Crippen LogP contribution in [0.25, 0.3) is 0 Å². The number of thioether (sulfide) groups is 1. The van der Waals surface area contributed by atoms with E-state index in [4.69, 9.17) is 0 Å². The normalized spacial score (nSPS) is 22.4. The maximum absolute atomic E-state index is 12.6. The summed E-state index contributed by atoms with van der Waals surface area (Å²) in [5, 5.41) is 3.46. The number of sulfonamides is 1. The zero-order chi connectivity index (χ0) is 15.3. The van der Waals surface area contributed by atoms with Gasteiger partial charge >= 0.3 is 0 Å². The first-order valence-electron chi connectivity index (χ1n) is 7.40. The van der Waals surface area contributed by atoms with Crippen molar-refractivity contribution in [1.29, 1.82) is 0 Å². The molecule has 0 bridgehead atoms. The number of hydrogen-bond acceptors (Lipinski definition) is 5. The first-order chi connectivity index (χ1) is 10.1. The molecule has 2 N–H and O–H groups in total. The van der Waals surface area contributed by atoms with Gasteiger partial charge < -0.3 is 5.32 Å². The molecule has 1 saturated carbocycles. The minimum absolute atomic E-state index is 0.0228. The van der Waals surface area contributed by atoms with E-state index in [0.717, 1.165) is 25.0 Å². The van der Waals surface area contributed by atoms with Crippen LogP contribution in [0.3, 0.4) is 0 Å². The van der Waals surface area contributed by atoms with E-state index in [0.29, 0.717) is 17.5 Å². The molecule has 21 heavy (non-hydrogen) atoms. The first kappa shape index (κ1) is 16.6. The molecule has 1 aromatic heterocycles. The highest BCUT2D eigenvalue weighted by Gasteiger charge is 2.32. The van der Waals surface area contributed by atoms with Gasteiger partial charge in [0.1, 0.15) is 4.90 Å². The average molecular weight is 329 g/mol. The van der Waals surface area contributed by atoms with Gasteiger partial charge in [0, 0.05) is 30.2 Å². The molecule has 1 fully saturated rings. The van der Waals surface area contributed by atoms with Crippen molar-refractivity contribution in [3.8, 4) is 0 Å². The molecule has 1 aliphatic rings. The molecule has 0 aromatic carbocycles. The van der Waals surface area contributed by atoms with Gasteiger partial charge in [-0.3, -0.25) is 4.98 Å². The molecule has 0 saturated heterocycles. The molecule has 2 atom stereocenters. The second-order valence-corrected chi connectivity index (χ2v) is 8.25. The summed E-state index contributed by atoms with van der Waals surface area (Å²) in [6.07, 6.45) is 6.09. The van der Waals surface area contributed by atoms with Crippen molar-refractivity contribution in [3.05, 3.63) is 18.5 Å². The average Bonchev–Trinajstić information content (AvgIpc) is 2.87. The number of rotatable bonds is 7. The Hall–Kier alpha value is -0.790. The quantitative estimate of drug-likeness (QED) is 0.804. The predicted octanol–water partition coefficient (Wildman–Crippen LogP) is 2.47. The summed E-state index contributed by atoms with van der Waals surface area (Å²) in [4.78, 5) is 4.19. The molecule has 2 unspecified atom stereocenters. The maximum Gasteiger partial charge on any atom is 0.244 e. The zero-order valence-electron chi connectivity index (χ0n) is 12.5. The lowest BCUT2D eigenvalue weighted by molar-refractivity contribution is 0.555. The molecule has 118 valence electrons. The summed E-state index contributed by atoms with van der Waals surface area (Å²) in [5.74, 6) is 1.01. The molecule has 2 rings (SSSR count). The van der Waals surface area contributed by atoms with Crippen molar-refractivity contribution in [3.63, 3.8) is 0 Å². The van der Waals surface area contributed by atoms with Crippen LogP contribution in [0.1, 0.15) is 33.1 Å². The van der Waals surface area contributed by atoms with Gasteiger partial charge in [-0.2, -0.15) is 11.8 Å². The second kappa shape index (κ2) is 7.47. The Kier molecular flexibility index (Phi) is 5.89. The van der Waals surface area contributed by atoms with Crippen LogP contribution in [0, 0.1) is 0 Å². The summed E-state index contributed by atoms with van der Waals surface area (Å²) in [5.41, 5.74) is 0.609. The van der Waals surface area contributed by atoms with Crippen molar-refractivity contribution in [2.24, 2.45) is 0 Å². The number of anilines is 1. The van der Waals surface area contributed by atoms with Gasteiger partial charge in [-0.25, -0.2) is 13.1 Å². The number of aromatic nitrogens is 1. The van der Waals surface area contributed by atoms with E-state index in [1.807, 2.05) is 18.7 Å². The molecular weight excluding hydrogens is 306 g/mol. The Morgan fingerprint density at radius 1 is 1.38 bits per heavy atom. The zero-order valence-corrected chi connectivity index (χ0v) is 14.1. The minimum Gasteiger partial charge on any atom is -0.384 e. The van der Waals surface area contributed by atoms with Gasteiger partial charge in [-0.1, -0.05) is 13.3 Å². The van der Waals surface area contributed by atoms with Crippen molar-refractivity contribution in [2.45, 2.75) is 49.3 Å². The highest BCUT2D eigenvalue weighted by Crippen LogP contribution is 2.31. The van der Waals surface area contributed by atoms with Gasteiger partial charge in [-0.05, 0) is 31.6 Å². The van der Waals surface area contributed by atoms with Gasteiger partial charge in [0.15, 0.2) is 0 Å². The minimum atomic E-state index is -3.54. The van der Waals surface area contributed by atoms with E-state index >= 15 is 0 Å². The fraction of sp³-hybridized carbons (Fsp3) is 0.643. The Morgan fingerprint density at radius 2 is 2.19 bits per heavy atom. The van der Waals surface area contributed by atoms with Crippen molar-refractivity contribution < 1.29 is 8.42 Å². The highest BCUT2D eigenvalue weighted by atomic mass is 32.2. The molecular formula is C14H23N3O2S2. The third kappa shape index (κ3) is 4.11. The fourth-order valence-corrected chi connectivity index (χ4v) is 5.39. The van der Waals surface area contributed by atoms with Crippen LogP contribution in [-0.2, 0) is 10.0 Å². The van der Waals surface area contributed by atoms with E-state index in [1.165, 1.54) is 6.20 Å². The summed E-state index contributed by atoms with van der Waals surface area (Å²) >= 11 is 1.84. The molecule has 1 aromatic rings. The Balaban J connectivity index is 2.18. The van der Waals surface area contributed by atoms with E-state index in [-0.39, 0.29) is 10.9 Å². The van der Waals surface area contributed by atoms with E-state index in [1.54, 1.807) is 12.3 Å². The first-order valence-corrected chi connectivity index (χ1v) is 9.93. The number of nitrogens with zero attached hydrogens (tertiary/aromatic N) is 1. The van der Waals surface area contributed by atoms with Gasteiger partial charge in [0.25, 0.3) is 0 Å². The van der Waals surface area contributed by atoms with E-state index < -0.39 is 10.0 Å². The topological polar surface area (TPSA) is 71.1 Å². The molecule has 0 amide bonds. The third-order valence-corrected chi connectivity index (χ3v) is 6.42. The van der Waals surface area contributed by atoms with Crippen molar-refractivity contribution in [1.82, 2.24) is 9.71 Å². The van der Waals surface area contributed by atoms with Crippen molar-refractivity contribution >= 4 is 27.5 Å². The monoisotopic (exact) mass is 329 g/mol. The van der Waals surface area contributed by atoms with E-state index in [2.05, 4.69) is 21.9 Å². The second-order valence-electron chi connectivity index (χ2n) is 5.05. The van der Waals surface area contributed by atoms with Crippen LogP contribution in [0.5, 0.6) is 0 Å². The summed E-state index contributed by atoms with van der Waals surface area (Å²) < 4.78 is 28.1. The molecule has 1 heterocycles. The maximum atomic E-state index is 12.6. The molecule has 7 heteroatoms. The Bertz CT molecular complexity index is 563.